The molecule has 0 aliphatic heterocycles. The van der Waals surface area contributed by atoms with Crippen LogP contribution >= 0.6 is 0 Å². The zero-order valence-electron chi connectivity index (χ0n) is 32.5. The Morgan fingerprint density at radius 3 is 1.60 bits per heavy atom. The van der Waals surface area contributed by atoms with Gasteiger partial charge in [0.15, 0.2) is 0 Å². The minimum absolute atomic E-state index is 0.0619. The van der Waals surface area contributed by atoms with Crippen LogP contribution in [0, 0.1) is 0 Å². The average Bonchev–Trinajstić information content (AvgIpc) is 3.71. The van der Waals surface area contributed by atoms with Crippen molar-refractivity contribution in [1.29, 1.82) is 0 Å². The lowest BCUT2D eigenvalue weighted by Gasteiger charge is -2.28. The normalized spacial score (nSPS) is 16.4. The van der Waals surface area contributed by atoms with E-state index in [0.717, 1.165) is 0 Å². The fraction of sp³-hybridized carbons (Fsp3) is 0.164. The molecule has 11 rings (SSSR count). The Hall–Kier alpha value is -5.98. The third kappa shape index (κ3) is 4.29. The second kappa shape index (κ2) is 11.0. The largest absolute Gasteiger partial charge is 0.0619 e. The van der Waals surface area contributed by atoms with Crippen LogP contribution in [-0.2, 0) is 16.2 Å². The number of benzene rings is 8. The van der Waals surface area contributed by atoms with Gasteiger partial charge in [0.05, 0.1) is 0 Å². The molecule has 3 aliphatic carbocycles. The lowest BCUT2D eigenvalue weighted by molar-refractivity contribution is 0.660. The Labute approximate surface area is 324 Å². The first-order valence-electron chi connectivity index (χ1n) is 19.9. The van der Waals surface area contributed by atoms with Crippen LogP contribution in [-0.4, -0.2) is 0 Å². The number of fused-ring (bicyclic) bond motifs is 9. The molecule has 0 bridgehead atoms. The van der Waals surface area contributed by atoms with E-state index in [-0.39, 0.29) is 16.2 Å². The maximum absolute atomic E-state index is 2.51. The van der Waals surface area contributed by atoms with Crippen molar-refractivity contribution in [2.45, 2.75) is 57.8 Å². The lowest BCUT2D eigenvalue weighted by atomic mass is 9.74. The van der Waals surface area contributed by atoms with Gasteiger partial charge >= 0.3 is 0 Å². The van der Waals surface area contributed by atoms with Crippen LogP contribution in [0.1, 0.15) is 80.5 Å². The third-order valence-electron chi connectivity index (χ3n) is 13.7. The van der Waals surface area contributed by atoms with Crippen LogP contribution in [0.3, 0.4) is 0 Å². The van der Waals surface area contributed by atoms with E-state index in [0.29, 0.717) is 0 Å². The van der Waals surface area contributed by atoms with E-state index < -0.39 is 0 Å². The fourth-order valence-electron chi connectivity index (χ4n) is 10.8. The highest BCUT2D eigenvalue weighted by atomic mass is 14.4. The van der Waals surface area contributed by atoms with E-state index in [1.54, 1.807) is 0 Å². The SMILES string of the molecule is CC1(C)C(c2c3ccccc3c(-c3cccc4c3-c3ccccc3C4(C)C)c3cc(-c4ccc5c(c4)C(C)(C)c4ccccc4-5)ccc23)=Cc2ccccc21. The number of hydrogen-bond donors (Lipinski definition) is 0. The van der Waals surface area contributed by atoms with Gasteiger partial charge < -0.3 is 0 Å². The Morgan fingerprint density at radius 2 is 0.836 bits per heavy atom. The number of rotatable bonds is 3. The van der Waals surface area contributed by atoms with Gasteiger partial charge in [-0.15, -0.1) is 0 Å². The van der Waals surface area contributed by atoms with E-state index in [1.807, 2.05) is 0 Å². The van der Waals surface area contributed by atoms with E-state index in [1.165, 1.54) is 111 Å². The van der Waals surface area contributed by atoms with Crippen LogP contribution in [0.5, 0.6) is 0 Å². The van der Waals surface area contributed by atoms with Gasteiger partial charge in [-0.3, -0.25) is 0 Å². The summed E-state index contributed by atoms with van der Waals surface area (Å²) in [5.41, 5.74) is 21.4. The predicted molar refractivity (Wildman–Crippen MR) is 235 cm³/mol. The maximum Gasteiger partial charge on any atom is 0.0159 e. The predicted octanol–water partition coefficient (Wildman–Crippen LogP) is 14.8. The molecule has 0 saturated heterocycles. The summed E-state index contributed by atoms with van der Waals surface area (Å²) in [5.74, 6) is 0. The summed E-state index contributed by atoms with van der Waals surface area (Å²) >= 11 is 0. The highest BCUT2D eigenvalue weighted by molar-refractivity contribution is 6.23. The van der Waals surface area contributed by atoms with Crippen LogP contribution in [0.25, 0.3) is 77.7 Å². The minimum Gasteiger partial charge on any atom is -0.0619 e. The lowest BCUT2D eigenvalue weighted by Crippen LogP contribution is -2.17. The topological polar surface area (TPSA) is 0 Å². The van der Waals surface area contributed by atoms with Crippen molar-refractivity contribution in [1.82, 2.24) is 0 Å². The molecular formula is C55H44. The van der Waals surface area contributed by atoms with Crippen LogP contribution < -0.4 is 0 Å². The van der Waals surface area contributed by atoms with Crippen molar-refractivity contribution >= 4 is 33.2 Å². The average molecular weight is 705 g/mol. The molecular weight excluding hydrogens is 661 g/mol. The smallest absolute Gasteiger partial charge is 0.0159 e. The highest BCUT2D eigenvalue weighted by Gasteiger charge is 2.39. The number of allylic oxidation sites excluding steroid dienone is 1. The van der Waals surface area contributed by atoms with Gasteiger partial charge in [-0.2, -0.15) is 0 Å². The van der Waals surface area contributed by atoms with E-state index >= 15 is 0 Å². The summed E-state index contributed by atoms with van der Waals surface area (Å²) in [4.78, 5) is 0. The van der Waals surface area contributed by atoms with Gasteiger partial charge in [-0.05, 0) is 129 Å². The Kier molecular flexibility index (Phi) is 6.52. The van der Waals surface area contributed by atoms with Crippen LogP contribution in [0.4, 0.5) is 0 Å². The van der Waals surface area contributed by atoms with E-state index in [9.17, 15) is 0 Å². The first-order valence-corrected chi connectivity index (χ1v) is 19.9. The number of hydrogen-bond acceptors (Lipinski definition) is 0. The first kappa shape index (κ1) is 32.5. The summed E-state index contributed by atoms with van der Waals surface area (Å²) in [6.45, 7) is 14.3. The molecule has 8 aromatic rings. The van der Waals surface area contributed by atoms with Gasteiger partial charge in [0.25, 0.3) is 0 Å². The van der Waals surface area contributed by atoms with Gasteiger partial charge in [-0.1, -0.05) is 181 Å². The van der Waals surface area contributed by atoms with Crippen molar-refractivity contribution < 1.29 is 0 Å². The van der Waals surface area contributed by atoms with E-state index in [2.05, 4.69) is 199 Å². The molecule has 0 unspecified atom stereocenters. The molecule has 55 heavy (non-hydrogen) atoms. The molecule has 0 radical (unpaired) electrons. The van der Waals surface area contributed by atoms with Gasteiger partial charge in [-0.25, -0.2) is 0 Å². The van der Waals surface area contributed by atoms with Crippen molar-refractivity contribution in [3.8, 4) is 44.5 Å². The monoisotopic (exact) mass is 704 g/mol. The molecule has 0 atom stereocenters. The second-order valence-electron chi connectivity index (χ2n) is 17.7. The van der Waals surface area contributed by atoms with Crippen LogP contribution in [0.15, 0.2) is 152 Å². The molecule has 0 nitrogen and oxygen atoms in total. The Balaban J connectivity index is 1.24. The molecule has 0 spiro atoms. The van der Waals surface area contributed by atoms with Crippen LogP contribution in [0.2, 0.25) is 0 Å². The van der Waals surface area contributed by atoms with Crippen molar-refractivity contribution in [3.63, 3.8) is 0 Å². The quantitative estimate of drug-likeness (QED) is 0.161. The molecule has 264 valence electrons. The molecule has 0 N–H and O–H groups in total. The molecule has 0 saturated carbocycles. The summed E-state index contributed by atoms with van der Waals surface area (Å²) in [5, 5.41) is 5.22. The van der Waals surface area contributed by atoms with E-state index in [4.69, 9.17) is 0 Å². The summed E-state index contributed by atoms with van der Waals surface area (Å²) < 4.78 is 0. The molecule has 0 aromatic heterocycles. The molecule has 0 fully saturated rings. The molecule has 0 amide bonds. The Morgan fingerprint density at radius 1 is 0.309 bits per heavy atom. The third-order valence-corrected chi connectivity index (χ3v) is 13.7. The Bertz CT molecular complexity index is 3000. The minimum atomic E-state index is -0.149. The van der Waals surface area contributed by atoms with Crippen molar-refractivity contribution in [3.05, 3.63) is 191 Å². The molecule has 0 heteroatoms. The molecule has 0 heterocycles. The zero-order chi connectivity index (χ0) is 37.4. The zero-order valence-corrected chi connectivity index (χ0v) is 32.5. The highest BCUT2D eigenvalue weighted by Crippen LogP contribution is 2.57. The van der Waals surface area contributed by atoms with Gasteiger partial charge in [0.1, 0.15) is 0 Å². The summed E-state index contributed by atoms with van der Waals surface area (Å²) in [6, 6.07) is 57.7. The van der Waals surface area contributed by atoms with Crippen molar-refractivity contribution in [2.75, 3.05) is 0 Å². The summed E-state index contributed by atoms with van der Waals surface area (Å²) in [6.07, 6.45) is 2.46. The molecule has 8 aromatic carbocycles. The van der Waals surface area contributed by atoms with Gasteiger partial charge in [0, 0.05) is 16.2 Å². The molecule has 3 aliphatic rings. The maximum atomic E-state index is 2.51. The second-order valence-corrected chi connectivity index (χ2v) is 17.7. The van der Waals surface area contributed by atoms with Crippen molar-refractivity contribution in [2.24, 2.45) is 0 Å². The summed E-state index contributed by atoms with van der Waals surface area (Å²) in [7, 11) is 0. The standard InChI is InChI=1S/C55H44/c1-53(2)44-22-12-7-16-35(44)32-49(53)51-39-19-9-8-18-38(39)50(42-21-15-25-47-52(42)41-20-11-14-24-46(41)54(47,3)4)43-30-33(27-29-40(43)51)34-26-28-37-36-17-10-13-23-45(36)55(5,6)48(37)31-34/h7-32H,1-6H3. The van der Waals surface area contributed by atoms with Gasteiger partial charge in [0.2, 0.25) is 0 Å². The fourth-order valence-corrected chi connectivity index (χ4v) is 10.8. The first-order chi connectivity index (χ1) is 26.6.